The number of aliphatic carboxylic acids is 1. The average Bonchev–Trinajstić information content (AvgIpc) is 2.00. The van der Waals surface area contributed by atoms with E-state index in [1.54, 1.807) is 18.0 Å². The van der Waals surface area contributed by atoms with Crippen molar-refractivity contribution in [3.05, 3.63) is 0 Å². The number of hydrogen-bond donors (Lipinski definition) is 2. The fraction of sp³-hybridized carbons (Fsp3) is 0.833. The number of thioether (sulfide) groups is 2. The van der Waals surface area contributed by atoms with E-state index < -0.39 is 10.8 Å². The van der Waals surface area contributed by atoms with Crippen LogP contribution in [0.3, 0.4) is 0 Å². The van der Waals surface area contributed by atoms with E-state index in [2.05, 4.69) is 0 Å². The molecule has 0 aromatic rings. The molecule has 0 saturated heterocycles. The number of carboxylic acids is 1. The van der Waals surface area contributed by atoms with Crippen molar-refractivity contribution in [3.8, 4) is 0 Å². The van der Waals surface area contributed by atoms with Crippen LogP contribution >= 0.6 is 23.5 Å². The predicted octanol–water partition coefficient (Wildman–Crippen LogP) is 0.842. The number of rotatable bonds is 5. The Kier molecular flexibility index (Phi) is 4.96. The third kappa shape index (κ3) is 3.35. The van der Waals surface area contributed by atoms with Gasteiger partial charge in [0.05, 0.1) is 0 Å². The van der Waals surface area contributed by atoms with Crippen molar-refractivity contribution < 1.29 is 9.90 Å². The fourth-order valence-corrected chi connectivity index (χ4v) is 1.69. The van der Waals surface area contributed by atoms with E-state index in [0.29, 0.717) is 6.42 Å². The third-order valence-electron chi connectivity index (χ3n) is 1.40. The Morgan fingerprint density at radius 2 is 2.18 bits per heavy atom. The molecule has 0 saturated carbocycles. The van der Waals surface area contributed by atoms with Crippen LogP contribution in [0.15, 0.2) is 0 Å². The first-order chi connectivity index (χ1) is 5.06. The predicted molar refractivity (Wildman–Crippen MR) is 51.1 cm³/mol. The van der Waals surface area contributed by atoms with Crippen molar-refractivity contribution in [2.75, 3.05) is 18.3 Å². The normalized spacial score (nSPS) is 15.9. The quantitative estimate of drug-likeness (QED) is 0.637. The smallest absolute Gasteiger partial charge is 0.334 e. The van der Waals surface area contributed by atoms with Crippen molar-refractivity contribution >= 4 is 29.5 Å². The summed E-state index contributed by atoms with van der Waals surface area (Å²) in [6.07, 6.45) is 4.15. The minimum Gasteiger partial charge on any atom is -0.479 e. The van der Waals surface area contributed by atoms with E-state index in [1.807, 2.05) is 6.26 Å². The lowest BCUT2D eigenvalue weighted by molar-refractivity contribution is -0.139. The van der Waals surface area contributed by atoms with Crippen molar-refractivity contribution in [1.29, 1.82) is 0 Å². The first-order valence-electron chi connectivity index (χ1n) is 3.13. The average molecular weight is 195 g/mol. The topological polar surface area (TPSA) is 63.3 Å². The molecule has 1 unspecified atom stereocenters. The van der Waals surface area contributed by atoms with Crippen molar-refractivity contribution in [3.63, 3.8) is 0 Å². The molecule has 0 rings (SSSR count). The van der Waals surface area contributed by atoms with Crippen LogP contribution in [0.2, 0.25) is 0 Å². The SMILES string of the molecule is CSCCC(N)(SC)C(=O)O. The zero-order valence-electron chi connectivity index (χ0n) is 6.66. The number of carbonyl (C=O) groups is 1. The van der Waals surface area contributed by atoms with Crippen LogP contribution in [-0.4, -0.2) is 34.2 Å². The molecule has 0 aromatic carbocycles. The monoisotopic (exact) mass is 195 g/mol. The molecule has 0 aliphatic carbocycles. The van der Waals surface area contributed by atoms with E-state index in [0.717, 1.165) is 5.75 Å². The molecule has 0 heterocycles. The molecular weight excluding hydrogens is 182 g/mol. The van der Waals surface area contributed by atoms with Gasteiger partial charge in [0.2, 0.25) is 0 Å². The van der Waals surface area contributed by atoms with Crippen molar-refractivity contribution in [2.45, 2.75) is 11.3 Å². The van der Waals surface area contributed by atoms with E-state index >= 15 is 0 Å². The maximum absolute atomic E-state index is 10.6. The van der Waals surface area contributed by atoms with Crippen molar-refractivity contribution in [2.24, 2.45) is 5.73 Å². The van der Waals surface area contributed by atoms with Crippen LogP contribution in [0.25, 0.3) is 0 Å². The molecule has 0 aromatic heterocycles. The van der Waals surface area contributed by atoms with Gasteiger partial charge in [0.1, 0.15) is 0 Å². The van der Waals surface area contributed by atoms with Gasteiger partial charge in [-0.25, -0.2) is 4.79 Å². The molecule has 3 N–H and O–H groups in total. The first-order valence-corrected chi connectivity index (χ1v) is 5.75. The molecule has 0 aliphatic rings. The third-order valence-corrected chi connectivity index (χ3v) is 3.12. The lowest BCUT2D eigenvalue weighted by Gasteiger charge is -2.21. The number of carboxylic acid groups (broad SMARTS) is 1. The second-order valence-corrected chi connectivity index (χ2v) is 4.26. The lowest BCUT2D eigenvalue weighted by Crippen LogP contribution is -2.44. The zero-order valence-corrected chi connectivity index (χ0v) is 8.30. The summed E-state index contributed by atoms with van der Waals surface area (Å²) < 4.78 is 0. The minimum atomic E-state index is -1.09. The van der Waals surface area contributed by atoms with Crippen molar-refractivity contribution in [1.82, 2.24) is 0 Å². The summed E-state index contributed by atoms with van der Waals surface area (Å²) in [5.41, 5.74) is 5.58. The highest BCUT2D eigenvalue weighted by Gasteiger charge is 2.31. The maximum Gasteiger partial charge on any atom is 0.334 e. The molecule has 0 spiro atoms. The Labute approximate surface area is 75.1 Å². The molecule has 0 radical (unpaired) electrons. The van der Waals surface area contributed by atoms with Gasteiger partial charge in [-0.2, -0.15) is 11.8 Å². The zero-order chi connectivity index (χ0) is 8.91. The lowest BCUT2D eigenvalue weighted by atomic mass is 10.2. The highest BCUT2D eigenvalue weighted by molar-refractivity contribution is 8.01. The first kappa shape index (κ1) is 11.1. The van der Waals surface area contributed by atoms with Gasteiger partial charge in [0, 0.05) is 0 Å². The summed E-state index contributed by atoms with van der Waals surface area (Å²) >= 11 is 2.79. The number of hydrogen-bond acceptors (Lipinski definition) is 4. The minimum absolute atomic E-state index is 0.505. The molecule has 0 bridgehead atoms. The van der Waals surface area contributed by atoms with Crippen LogP contribution in [0.5, 0.6) is 0 Å². The van der Waals surface area contributed by atoms with Crippen LogP contribution in [-0.2, 0) is 4.79 Å². The van der Waals surface area contributed by atoms with Crippen LogP contribution in [0, 0.1) is 0 Å². The Bertz CT molecular complexity index is 143. The summed E-state index contributed by atoms with van der Waals surface area (Å²) in [7, 11) is 0. The molecule has 0 aliphatic heterocycles. The summed E-state index contributed by atoms with van der Waals surface area (Å²) in [5.74, 6) is -0.150. The van der Waals surface area contributed by atoms with Gasteiger partial charge < -0.3 is 10.8 Å². The maximum atomic E-state index is 10.6. The fourth-order valence-electron chi connectivity index (χ4n) is 0.550. The van der Waals surface area contributed by atoms with E-state index in [1.165, 1.54) is 11.8 Å². The molecule has 11 heavy (non-hydrogen) atoms. The van der Waals surface area contributed by atoms with Gasteiger partial charge in [-0.3, -0.25) is 0 Å². The van der Waals surface area contributed by atoms with Gasteiger partial charge >= 0.3 is 5.97 Å². The standard InChI is InChI=1S/C6H13NO2S2/c1-10-4-3-6(7,11-2)5(8)9/h3-4,7H2,1-2H3,(H,8,9). The van der Waals surface area contributed by atoms with Crippen LogP contribution < -0.4 is 5.73 Å². The summed E-state index contributed by atoms with van der Waals surface area (Å²) in [5, 5.41) is 8.70. The molecule has 0 fully saturated rings. The largest absolute Gasteiger partial charge is 0.479 e. The van der Waals surface area contributed by atoms with E-state index in [4.69, 9.17) is 10.8 Å². The summed E-state index contributed by atoms with van der Waals surface area (Å²) in [4.78, 5) is 9.51. The highest BCUT2D eigenvalue weighted by atomic mass is 32.2. The van der Waals surface area contributed by atoms with Crippen LogP contribution in [0.4, 0.5) is 0 Å². The van der Waals surface area contributed by atoms with E-state index in [-0.39, 0.29) is 0 Å². The van der Waals surface area contributed by atoms with Gasteiger partial charge in [-0.1, -0.05) is 0 Å². The van der Waals surface area contributed by atoms with Gasteiger partial charge in [0.15, 0.2) is 4.87 Å². The Morgan fingerprint density at radius 3 is 2.45 bits per heavy atom. The highest BCUT2D eigenvalue weighted by Crippen LogP contribution is 2.22. The molecule has 3 nitrogen and oxygen atoms in total. The van der Waals surface area contributed by atoms with Gasteiger partial charge in [-0.05, 0) is 24.7 Å². The molecule has 0 amide bonds. The van der Waals surface area contributed by atoms with Crippen LogP contribution in [0.1, 0.15) is 6.42 Å². The number of nitrogens with two attached hydrogens (primary N) is 1. The molecular formula is C6H13NO2S2. The summed E-state index contributed by atoms with van der Waals surface area (Å²) in [6, 6.07) is 0. The Hall–Kier alpha value is 0.130. The Morgan fingerprint density at radius 1 is 1.64 bits per heavy atom. The van der Waals surface area contributed by atoms with Gasteiger partial charge in [-0.15, -0.1) is 11.8 Å². The second-order valence-electron chi connectivity index (χ2n) is 2.14. The second kappa shape index (κ2) is 4.90. The van der Waals surface area contributed by atoms with Gasteiger partial charge in [0.25, 0.3) is 0 Å². The Balaban J connectivity index is 3.99. The molecule has 66 valence electrons. The molecule has 5 heteroatoms. The summed E-state index contributed by atoms with van der Waals surface area (Å²) in [6.45, 7) is 0. The van der Waals surface area contributed by atoms with E-state index in [9.17, 15) is 4.79 Å². The molecule has 1 atom stereocenters.